The molecule has 15 heavy (non-hydrogen) atoms. The summed E-state index contributed by atoms with van der Waals surface area (Å²) >= 11 is 0. The lowest BCUT2D eigenvalue weighted by Gasteiger charge is -2.10. The van der Waals surface area contributed by atoms with Gasteiger partial charge in [-0.25, -0.2) is 0 Å². The SMILES string of the molecule is Cc1ccc(CCCN[C@@H](C)CN)cc1. The molecule has 0 saturated carbocycles. The number of hydrogen-bond donors (Lipinski definition) is 2. The molecule has 0 aliphatic rings. The molecule has 0 saturated heterocycles. The predicted octanol–water partition coefficient (Wildman–Crippen LogP) is 1.86. The molecule has 0 radical (unpaired) electrons. The molecule has 0 aromatic heterocycles. The van der Waals surface area contributed by atoms with Crippen molar-refractivity contribution in [3.63, 3.8) is 0 Å². The smallest absolute Gasteiger partial charge is 0.0161 e. The summed E-state index contributed by atoms with van der Waals surface area (Å²) in [5.74, 6) is 0. The van der Waals surface area contributed by atoms with Crippen molar-refractivity contribution in [2.24, 2.45) is 5.73 Å². The molecule has 0 bridgehead atoms. The summed E-state index contributed by atoms with van der Waals surface area (Å²) in [6.07, 6.45) is 2.32. The van der Waals surface area contributed by atoms with E-state index in [-0.39, 0.29) is 0 Å². The van der Waals surface area contributed by atoms with Gasteiger partial charge in [-0.3, -0.25) is 0 Å². The topological polar surface area (TPSA) is 38.0 Å². The van der Waals surface area contributed by atoms with E-state index >= 15 is 0 Å². The number of rotatable bonds is 6. The van der Waals surface area contributed by atoms with E-state index in [0.717, 1.165) is 13.0 Å². The maximum Gasteiger partial charge on any atom is 0.0161 e. The van der Waals surface area contributed by atoms with E-state index in [4.69, 9.17) is 5.73 Å². The zero-order valence-electron chi connectivity index (χ0n) is 9.79. The number of nitrogens with two attached hydrogens (primary N) is 1. The maximum atomic E-state index is 5.52. The van der Waals surface area contributed by atoms with Crippen molar-refractivity contribution in [2.75, 3.05) is 13.1 Å². The summed E-state index contributed by atoms with van der Waals surface area (Å²) in [5.41, 5.74) is 8.27. The van der Waals surface area contributed by atoms with E-state index in [1.807, 2.05) is 0 Å². The molecule has 3 N–H and O–H groups in total. The van der Waals surface area contributed by atoms with Gasteiger partial charge in [-0.2, -0.15) is 0 Å². The highest BCUT2D eigenvalue weighted by Crippen LogP contribution is 2.05. The van der Waals surface area contributed by atoms with Crippen LogP contribution in [0.1, 0.15) is 24.5 Å². The summed E-state index contributed by atoms with van der Waals surface area (Å²) < 4.78 is 0. The predicted molar refractivity (Wildman–Crippen MR) is 66.0 cm³/mol. The van der Waals surface area contributed by atoms with Gasteiger partial charge in [0.15, 0.2) is 0 Å². The van der Waals surface area contributed by atoms with Gasteiger partial charge in [0.05, 0.1) is 0 Å². The van der Waals surface area contributed by atoms with E-state index in [1.54, 1.807) is 0 Å². The zero-order chi connectivity index (χ0) is 11.1. The van der Waals surface area contributed by atoms with Crippen molar-refractivity contribution in [1.82, 2.24) is 5.32 Å². The van der Waals surface area contributed by atoms with Crippen molar-refractivity contribution >= 4 is 0 Å². The molecule has 2 nitrogen and oxygen atoms in total. The largest absolute Gasteiger partial charge is 0.329 e. The normalized spacial score (nSPS) is 12.7. The molecule has 0 aliphatic carbocycles. The van der Waals surface area contributed by atoms with E-state index in [9.17, 15) is 0 Å². The lowest BCUT2D eigenvalue weighted by molar-refractivity contribution is 0.543. The van der Waals surface area contributed by atoms with Crippen LogP contribution in [0.5, 0.6) is 0 Å². The van der Waals surface area contributed by atoms with Gasteiger partial charge in [0.25, 0.3) is 0 Å². The summed E-state index contributed by atoms with van der Waals surface area (Å²) in [6.45, 7) is 6.00. The highest BCUT2D eigenvalue weighted by atomic mass is 14.9. The Morgan fingerprint density at radius 3 is 2.53 bits per heavy atom. The molecule has 0 spiro atoms. The van der Waals surface area contributed by atoms with E-state index in [2.05, 4.69) is 43.4 Å². The minimum Gasteiger partial charge on any atom is -0.329 e. The monoisotopic (exact) mass is 206 g/mol. The first kappa shape index (κ1) is 12.2. The molecule has 1 aromatic rings. The van der Waals surface area contributed by atoms with Gasteiger partial charge in [-0.05, 0) is 38.8 Å². The fraction of sp³-hybridized carbons (Fsp3) is 0.538. The van der Waals surface area contributed by atoms with Crippen LogP contribution in [0.3, 0.4) is 0 Å². The molecule has 0 aliphatic heterocycles. The van der Waals surface area contributed by atoms with Crippen LogP contribution in [0.15, 0.2) is 24.3 Å². The van der Waals surface area contributed by atoms with Crippen LogP contribution in [0, 0.1) is 6.92 Å². The van der Waals surface area contributed by atoms with Crippen LogP contribution in [0.2, 0.25) is 0 Å². The molecular formula is C13H22N2. The second-order valence-corrected chi connectivity index (χ2v) is 4.18. The van der Waals surface area contributed by atoms with Crippen molar-refractivity contribution in [1.29, 1.82) is 0 Å². The molecule has 1 aromatic carbocycles. The number of hydrogen-bond acceptors (Lipinski definition) is 2. The molecule has 0 fully saturated rings. The van der Waals surface area contributed by atoms with E-state index < -0.39 is 0 Å². The van der Waals surface area contributed by atoms with Crippen LogP contribution in [0.25, 0.3) is 0 Å². The first-order valence-corrected chi connectivity index (χ1v) is 5.71. The lowest BCUT2D eigenvalue weighted by Crippen LogP contribution is -2.33. The zero-order valence-corrected chi connectivity index (χ0v) is 9.79. The second-order valence-electron chi connectivity index (χ2n) is 4.18. The highest BCUT2D eigenvalue weighted by molar-refractivity contribution is 5.21. The standard InChI is InChI=1S/C13H22N2/c1-11-5-7-13(8-6-11)4-3-9-15-12(2)10-14/h5-8,12,15H,3-4,9-10,14H2,1-2H3/t12-/m0/s1. The molecule has 2 heteroatoms. The molecular weight excluding hydrogens is 184 g/mol. The van der Waals surface area contributed by atoms with Gasteiger partial charge >= 0.3 is 0 Å². The van der Waals surface area contributed by atoms with Gasteiger partial charge in [0.2, 0.25) is 0 Å². The molecule has 0 heterocycles. The van der Waals surface area contributed by atoms with Crippen LogP contribution in [0.4, 0.5) is 0 Å². The third-order valence-electron chi connectivity index (χ3n) is 2.61. The van der Waals surface area contributed by atoms with Crippen molar-refractivity contribution < 1.29 is 0 Å². The second kappa shape index (κ2) is 6.59. The fourth-order valence-corrected chi connectivity index (χ4v) is 1.48. The Bertz CT molecular complexity index is 266. The molecule has 84 valence electrons. The van der Waals surface area contributed by atoms with Gasteiger partial charge < -0.3 is 11.1 Å². The van der Waals surface area contributed by atoms with Crippen LogP contribution < -0.4 is 11.1 Å². The molecule has 0 amide bonds. The summed E-state index contributed by atoms with van der Waals surface area (Å²) in [4.78, 5) is 0. The number of nitrogens with one attached hydrogen (secondary N) is 1. The Labute approximate surface area is 92.9 Å². The van der Waals surface area contributed by atoms with E-state index in [1.165, 1.54) is 17.5 Å². The van der Waals surface area contributed by atoms with E-state index in [0.29, 0.717) is 12.6 Å². The minimum atomic E-state index is 0.433. The molecule has 1 rings (SSSR count). The first-order chi connectivity index (χ1) is 7.22. The Hall–Kier alpha value is -0.860. The average molecular weight is 206 g/mol. The van der Waals surface area contributed by atoms with Crippen molar-refractivity contribution in [3.8, 4) is 0 Å². The Morgan fingerprint density at radius 2 is 1.93 bits per heavy atom. The number of aryl methyl sites for hydroxylation is 2. The average Bonchev–Trinajstić information content (AvgIpc) is 2.26. The first-order valence-electron chi connectivity index (χ1n) is 5.71. The van der Waals surface area contributed by atoms with Gasteiger partial charge in [0, 0.05) is 12.6 Å². The molecule has 0 unspecified atom stereocenters. The molecule has 1 atom stereocenters. The lowest BCUT2D eigenvalue weighted by atomic mass is 10.1. The Morgan fingerprint density at radius 1 is 1.27 bits per heavy atom. The van der Waals surface area contributed by atoms with Crippen molar-refractivity contribution in [3.05, 3.63) is 35.4 Å². The van der Waals surface area contributed by atoms with Crippen molar-refractivity contribution in [2.45, 2.75) is 32.7 Å². The summed E-state index contributed by atoms with van der Waals surface area (Å²) in [6, 6.07) is 9.20. The fourth-order valence-electron chi connectivity index (χ4n) is 1.48. The third-order valence-corrected chi connectivity index (χ3v) is 2.61. The van der Waals surface area contributed by atoms with Crippen LogP contribution in [-0.2, 0) is 6.42 Å². The quantitative estimate of drug-likeness (QED) is 0.697. The van der Waals surface area contributed by atoms with Gasteiger partial charge in [-0.15, -0.1) is 0 Å². The maximum absolute atomic E-state index is 5.52. The minimum absolute atomic E-state index is 0.433. The van der Waals surface area contributed by atoms with Crippen LogP contribution in [-0.4, -0.2) is 19.1 Å². The van der Waals surface area contributed by atoms with Gasteiger partial charge in [-0.1, -0.05) is 29.8 Å². The highest BCUT2D eigenvalue weighted by Gasteiger charge is 1.97. The van der Waals surface area contributed by atoms with Gasteiger partial charge in [0.1, 0.15) is 0 Å². The van der Waals surface area contributed by atoms with Crippen LogP contribution >= 0.6 is 0 Å². The number of benzene rings is 1. The third kappa shape index (κ3) is 4.96. The Balaban J connectivity index is 2.17. The Kier molecular flexibility index (Phi) is 5.37. The summed E-state index contributed by atoms with van der Waals surface area (Å²) in [5, 5.41) is 3.39. The summed E-state index contributed by atoms with van der Waals surface area (Å²) in [7, 11) is 0.